The van der Waals surface area contributed by atoms with Crippen LogP contribution in [0, 0.1) is 5.92 Å². The molecule has 1 aromatic heterocycles. The first-order valence-corrected chi connectivity index (χ1v) is 9.31. The van der Waals surface area contributed by atoms with Crippen LogP contribution in [0.2, 0.25) is 0 Å². The van der Waals surface area contributed by atoms with Gasteiger partial charge >= 0.3 is 0 Å². The summed E-state index contributed by atoms with van der Waals surface area (Å²) in [5.74, 6) is 1.70. The summed E-state index contributed by atoms with van der Waals surface area (Å²) >= 11 is 1.86. The second kappa shape index (κ2) is 11.3. The SMILES string of the molecule is CCC(C)NC(=NC)NCC1CCN(Cc2cccs2)CC1.I. The van der Waals surface area contributed by atoms with Crippen molar-refractivity contribution < 1.29 is 0 Å². The normalized spacial score (nSPS) is 18.3. The van der Waals surface area contributed by atoms with Gasteiger partial charge in [-0.05, 0) is 56.6 Å². The summed E-state index contributed by atoms with van der Waals surface area (Å²) in [5, 5.41) is 9.08. The van der Waals surface area contributed by atoms with Crippen molar-refractivity contribution in [3.63, 3.8) is 0 Å². The number of halogens is 1. The average molecular weight is 450 g/mol. The quantitative estimate of drug-likeness (QED) is 0.396. The van der Waals surface area contributed by atoms with Crippen LogP contribution in [0.5, 0.6) is 0 Å². The number of hydrogen-bond acceptors (Lipinski definition) is 3. The predicted octanol–water partition coefficient (Wildman–Crippen LogP) is 3.54. The van der Waals surface area contributed by atoms with Crippen LogP contribution in [0.3, 0.4) is 0 Å². The van der Waals surface area contributed by atoms with E-state index in [1.54, 1.807) is 0 Å². The van der Waals surface area contributed by atoms with Crippen molar-refractivity contribution in [3.8, 4) is 0 Å². The molecular weight excluding hydrogens is 419 g/mol. The first kappa shape index (κ1) is 20.7. The number of hydrogen-bond donors (Lipinski definition) is 2. The molecule has 4 nitrogen and oxygen atoms in total. The molecule has 1 aliphatic rings. The molecule has 0 spiro atoms. The lowest BCUT2D eigenvalue weighted by Crippen LogP contribution is -2.45. The lowest BCUT2D eigenvalue weighted by atomic mass is 9.97. The van der Waals surface area contributed by atoms with Gasteiger partial charge in [0.2, 0.25) is 0 Å². The Labute approximate surface area is 162 Å². The van der Waals surface area contributed by atoms with E-state index in [2.05, 4.69) is 51.9 Å². The van der Waals surface area contributed by atoms with E-state index in [9.17, 15) is 0 Å². The van der Waals surface area contributed by atoms with Crippen LogP contribution in [0.15, 0.2) is 22.5 Å². The topological polar surface area (TPSA) is 39.7 Å². The standard InChI is InChI=1S/C17H30N4S.HI/c1-4-14(2)20-17(18-3)19-12-15-7-9-21(10-8-15)13-16-6-5-11-22-16;/h5-6,11,14-15H,4,7-10,12-13H2,1-3H3,(H2,18,19,20);1H. The molecule has 0 saturated carbocycles. The van der Waals surface area contributed by atoms with Gasteiger partial charge in [0.05, 0.1) is 0 Å². The number of piperidine rings is 1. The van der Waals surface area contributed by atoms with Gasteiger partial charge in [-0.1, -0.05) is 13.0 Å². The average Bonchev–Trinajstić information content (AvgIpc) is 3.05. The van der Waals surface area contributed by atoms with Crippen LogP contribution in [0.4, 0.5) is 0 Å². The molecule has 0 bridgehead atoms. The summed E-state index contributed by atoms with van der Waals surface area (Å²) in [5.41, 5.74) is 0. The van der Waals surface area contributed by atoms with Gasteiger partial charge in [0, 0.05) is 31.1 Å². The largest absolute Gasteiger partial charge is 0.356 e. The maximum atomic E-state index is 4.31. The van der Waals surface area contributed by atoms with E-state index in [4.69, 9.17) is 0 Å². The van der Waals surface area contributed by atoms with E-state index in [0.717, 1.165) is 31.4 Å². The van der Waals surface area contributed by atoms with Gasteiger partial charge in [-0.3, -0.25) is 9.89 Å². The van der Waals surface area contributed by atoms with Crippen molar-refractivity contribution in [2.45, 2.75) is 45.7 Å². The summed E-state index contributed by atoms with van der Waals surface area (Å²) in [6.45, 7) is 8.95. The Morgan fingerprint density at radius 3 is 2.74 bits per heavy atom. The molecule has 1 atom stereocenters. The molecule has 23 heavy (non-hydrogen) atoms. The van der Waals surface area contributed by atoms with E-state index < -0.39 is 0 Å². The van der Waals surface area contributed by atoms with Crippen LogP contribution < -0.4 is 10.6 Å². The van der Waals surface area contributed by atoms with Crippen molar-refractivity contribution in [3.05, 3.63) is 22.4 Å². The van der Waals surface area contributed by atoms with Gasteiger partial charge in [0.25, 0.3) is 0 Å². The second-order valence-corrected chi connectivity index (χ2v) is 7.24. The molecule has 6 heteroatoms. The van der Waals surface area contributed by atoms with Crippen molar-refractivity contribution >= 4 is 41.3 Å². The molecule has 0 aromatic carbocycles. The van der Waals surface area contributed by atoms with Crippen LogP contribution in [0.25, 0.3) is 0 Å². The van der Waals surface area contributed by atoms with E-state index in [0.29, 0.717) is 6.04 Å². The van der Waals surface area contributed by atoms with Crippen LogP contribution in [-0.2, 0) is 6.54 Å². The number of rotatable bonds is 6. The Balaban J connectivity index is 0.00000264. The Morgan fingerprint density at radius 1 is 1.43 bits per heavy atom. The fourth-order valence-corrected chi connectivity index (χ4v) is 3.49. The maximum Gasteiger partial charge on any atom is 0.191 e. The fourth-order valence-electron chi connectivity index (χ4n) is 2.74. The lowest BCUT2D eigenvalue weighted by molar-refractivity contribution is 0.179. The summed E-state index contributed by atoms with van der Waals surface area (Å²) in [4.78, 5) is 8.37. The molecule has 1 aromatic rings. The molecule has 2 heterocycles. The minimum Gasteiger partial charge on any atom is -0.356 e. The van der Waals surface area contributed by atoms with Gasteiger partial charge in [-0.25, -0.2) is 0 Å². The minimum absolute atomic E-state index is 0. The summed E-state index contributed by atoms with van der Waals surface area (Å²) < 4.78 is 0. The highest BCUT2D eigenvalue weighted by Gasteiger charge is 2.19. The van der Waals surface area contributed by atoms with E-state index >= 15 is 0 Å². The predicted molar refractivity (Wildman–Crippen MR) is 112 cm³/mol. The Kier molecular flexibility index (Phi) is 10.1. The number of nitrogens with zero attached hydrogens (tertiary/aromatic N) is 2. The number of nitrogens with one attached hydrogen (secondary N) is 2. The molecule has 132 valence electrons. The molecule has 1 aliphatic heterocycles. The van der Waals surface area contributed by atoms with Gasteiger partial charge in [0.1, 0.15) is 0 Å². The maximum absolute atomic E-state index is 4.31. The highest BCUT2D eigenvalue weighted by Crippen LogP contribution is 2.20. The zero-order valence-corrected chi connectivity index (χ0v) is 17.7. The molecule has 0 radical (unpaired) electrons. The number of aliphatic imine (C=N–C) groups is 1. The number of thiophene rings is 1. The first-order valence-electron chi connectivity index (χ1n) is 8.43. The number of likely N-dealkylation sites (tertiary alicyclic amines) is 1. The number of guanidine groups is 1. The molecule has 2 N–H and O–H groups in total. The second-order valence-electron chi connectivity index (χ2n) is 6.21. The van der Waals surface area contributed by atoms with Crippen molar-refractivity contribution in [1.82, 2.24) is 15.5 Å². The van der Waals surface area contributed by atoms with E-state index in [1.807, 2.05) is 18.4 Å². The summed E-state index contributed by atoms with van der Waals surface area (Å²) in [6, 6.07) is 4.86. The van der Waals surface area contributed by atoms with Crippen molar-refractivity contribution in [1.29, 1.82) is 0 Å². The van der Waals surface area contributed by atoms with Crippen LogP contribution in [-0.4, -0.2) is 43.6 Å². The van der Waals surface area contributed by atoms with Crippen molar-refractivity contribution in [2.24, 2.45) is 10.9 Å². The van der Waals surface area contributed by atoms with Crippen molar-refractivity contribution in [2.75, 3.05) is 26.7 Å². The van der Waals surface area contributed by atoms with Crippen LogP contribution >= 0.6 is 35.3 Å². The molecular formula is C17H31IN4S. The third-order valence-electron chi connectivity index (χ3n) is 4.44. The molecule has 1 unspecified atom stereocenters. The van der Waals surface area contributed by atoms with E-state index in [-0.39, 0.29) is 24.0 Å². The van der Waals surface area contributed by atoms with Gasteiger partial charge in [0.15, 0.2) is 5.96 Å². The van der Waals surface area contributed by atoms with E-state index in [1.165, 1.54) is 30.8 Å². The van der Waals surface area contributed by atoms with Gasteiger partial charge in [-0.2, -0.15) is 0 Å². The highest BCUT2D eigenvalue weighted by atomic mass is 127. The zero-order valence-electron chi connectivity index (χ0n) is 14.5. The highest BCUT2D eigenvalue weighted by molar-refractivity contribution is 14.0. The Morgan fingerprint density at radius 2 is 2.17 bits per heavy atom. The fraction of sp³-hybridized carbons (Fsp3) is 0.706. The third-order valence-corrected chi connectivity index (χ3v) is 5.31. The molecule has 0 aliphatic carbocycles. The molecule has 2 rings (SSSR count). The van der Waals surface area contributed by atoms with Gasteiger partial charge < -0.3 is 10.6 Å². The minimum atomic E-state index is 0. The molecule has 0 amide bonds. The molecule has 1 saturated heterocycles. The monoisotopic (exact) mass is 450 g/mol. The Bertz CT molecular complexity index is 441. The summed E-state index contributed by atoms with van der Waals surface area (Å²) in [6.07, 6.45) is 3.67. The summed E-state index contributed by atoms with van der Waals surface area (Å²) in [7, 11) is 1.85. The molecule has 1 fully saturated rings. The first-order chi connectivity index (χ1) is 10.7. The van der Waals surface area contributed by atoms with Gasteiger partial charge in [-0.15, -0.1) is 35.3 Å². The lowest BCUT2D eigenvalue weighted by Gasteiger charge is -2.32. The van der Waals surface area contributed by atoms with Crippen LogP contribution in [0.1, 0.15) is 38.0 Å². The zero-order chi connectivity index (χ0) is 15.8. The smallest absolute Gasteiger partial charge is 0.191 e. The third kappa shape index (κ3) is 7.39. The Hall–Kier alpha value is -0.340.